The van der Waals surface area contributed by atoms with E-state index in [2.05, 4.69) is 10.1 Å². The van der Waals surface area contributed by atoms with Crippen molar-refractivity contribution >= 4 is 11.5 Å². The molecule has 0 fully saturated rings. The van der Waals surface area contributed by atoms with Gasteiger partial charge in [-0.2, -0.15) is 5.10 Å². The Kier molecular flexibility index (Phi) is 2.52. The van der Waals surface area contributed by atoms with E-state index in [-0.39, 0.29) is 5.56 Å². The highest BCUT2D eigenvalue weighted by molar-refractivity contribution is 5.91. The fourth-order valence-electron chi connectivity index (χ4n) is 2.08. The Balaban J connectivity index is 2.36. The minimum absolute atomic E-state index is 0.242. The van der Waals surface area contributed by atoms with Crippen LogP contribution in [0.5, 0.6) is 0 Å². The minimum atomic E-state index is -0.952. The van der Waals surface area contributed by atoms with Crippen molar-refractivity contribution < 1.29 is 9.90 Å². The van der Waals surface area contributed by atoms with Gasteiger partial charge in [-0.15, -0.1) is 0 Å². The van der Waals surface area contributed by atoms with Gasteiger partial charge in [0.05, 0.1) is 23.0 Å². The molecule has 3 rings (SSSR count). The van der Waals surface area contributed by atoms with Crippen molar-refractivity contribution in [2.45, 2.75) is 6.92 Å². The molecule has 3 aromatic heterocycles. The maximum absolute atomic E-state index is 11.2. The van der Waals surface area contributed by atoms with Crippen LogP contribution in [0.3, 0.4) is 0 Å². The molecule has 0 saturated heterocycles. The average molecular weight is 253 g/mol. The van der Waals surface area contributed by atoms with Crippen LogP contribution >= 0.6 is 0 Å². The van der Waals surface area contributed by atoms with E-state index in [1.165, 1.54) is 0 Å². The fourth-order valence-corrected chi connectivity index (χ4v) is 2.08. The lowest BCUT2D eigenvalue weighted by Gasteiger charge is -2.09. The summed E-state index contributed by atoms with van der Waals surface area (Å²) in [5, 5.41) is 13.4. The second-order valence-electron chi connectivity index (χ2n) is 4.29. The molecule has 0 aliphatic carbocycles. The predicted molar refractivity (Wildman–Crippen MR) is 70.1 cm³/mol. The monoisotopic (exact) mass is 253 g/mol. The number of rotatable bonds is 2. The molecule has 0 atom stereocenters. The van der Waals surface area contributed by atoms with Crippen LogP contribution in [0.4, 0.5) is 0 Å². The molecular formula is C14H11N3O2. The number of carboxylic acid groups (broad SMARTS) is 1. The molecule has 0 amide bonds. The number of pyridine rings is 2. The fraction of sp³-hybridized carbons (Fsp3) is 0.0714. The van der Waals surface area contributed by atoms with Gasteiger partial charge in [-0.1, -0.05) is 0 Å². The zero-order chi connectivity index (χ0) is 13.4. The Morgan fingerprint density at radius 2 is 2.11 bits per heavy atom. The molecule has 0 aliphatic heterocycles. The van der Waals surface area contributed by atoms with Crippen molar-refractivity contribution in [3.05, 3.63) is 54.0 Å². The molecular weight excluding hydrogens is 242 g/mol. The molecule has 0 bridgehead atoms. The Hall–Kier alpha value is -2.69. The van der Waals surface area contributed by atoms with E-state index in [0.717, 1.165) is 22.3 Å². The number of carboxylic acids is 1. The second-order valence-corrected chi connectivity index (χ2v) is 4.29. The summed E-state index contributed by atoms with van der Waals surface area (Å²) in [7, 11) is 0. The van der Waals surface area contributed by atoms with Gasteiger partial charge in [-0.3, -0.25) is 4.98 Å². The molecule has 0 aromatic carbocycles. The van der Waals surface area contributed by atoms with Crippen LogP contribution in [-0.2, 0) is 0 Å². The summed E-state index contributed by atoms with van der Waals surface area (Å²) in [5.41, 5.74) is 3.61. The molecule has 0 unspecified atom stereocenters. The van der Waals surface area contributed by atoms with Crippen LogP contribution in [0.1, 0.15) is 15.9 Å². The highest BCUT2D eigenvalue weighted by atomic mass is 16.4. The van der Waals surface area contributed by atoms with Crippen LogP contribution in [0.2, 0.25) is 0 Å². The smallest absolute Gasteiger partial charge is 0.335 e. The summed E-state index contributed by atoms with van der Waals surface area (Å²) >= 11 is 0. The molecule has 0 spiro atoms. The van der Waals surface area contributed by atoms with Crippen LogP contribution in [-0.4, -0.2) is 25.7 Å². The molecule has 0 radical (unpaired) electrons. The van der Waals surface area contributed by atoms with Gasteiger partial charge in [-0.05, 0) is 36.8 Å². The normalized spacial score (nSPS) is 10.8. The summed E-state index contributed by atoms with van der Waals surface area (Å²) in [6.45, 7) is 1.96. The van der Waals surface area contributed by atoms with Gasteiger partial charge in [-0.25, -0.2) is 9.31 Å². The highest BCUT2D eigenvalue weighted by Gasteiger charge is 2.12. The third kappa shape index (κ3) is 1.85. The van der Waals surface area contributed by atoms with E-state index in [1.54, 1.807) is 41.3 Å². The maximum atomic E-state index is 11.2. The van der Waals surface area contributed by atoms with Gasteiger partial charge in [0.2, 0.25) is 0 Å². The van der Waals surface area contributed by atoms with Crippen LogP contribution in [0.25, 0.3) is 16.8 Å². The molecule has 5 heteroatoms. The standard InChI is InChI=1S/C14H11N3O2/c1-9-2-4-15-8-12(9)13-7-10(14(18)19)6-11-3-5-16-17(11)13/h2-8H,1H3,(H,18,19). The van der Waals surface area contributed by atoms with Crippen LogP contribution in [0.15, 0.2) is 42.9 Å². The molecule has 3 aromatic rings. The first-order valence-electron chi connectivity index (χ1n) is 5.79. The van der Waals surface area contributed by atoms with E-state index in [1.807, 2.05) is 13.0 Å². The van der Waals surface area contributed by atoms with Crippen molar-refractivity contribution in [3.8, 4) is 11.3 Å². The van der Waals surface area contributed by atoms with Gasteiger partial charge in [0.15, 0.2) is 0 Å². The summed E-state index contributed by atoms with van der Waals surface area (Å²) in [4.78, 5) is 15.3. The van der Waals surface area contributed by atoms with Gasteiger partial charge < -0.3 is 5.11 Å². The van der Waals surface area contributed by atoms with Gasteiger partial charge in [0, 0.05) is 18.0 Å². The zero-order valence-corrected chi connectivity index (χ0v) is 10.2. The summed E-state index contributed by atoms with van der Waals surface area (Å²) in [5.74, 6) is -0.952. The molecule has 0 aliphatic rings. The first-order valence-corrected chi connectivity index (χ1v) is 5.79. The Morgan fingerprint density at radius 1 is 1.26 bits per heavy atom. The lowest BCUT2D eigenvalue weighted by molar-refractivity contribution is 0.0697. The molecule has 3 heterocycles. The number of aryl methyl sites for hydroxylation is 1. The van der Waals surface area contributed by atoms with E-state index in [9.17, 15) is 9.90 Å². The summed E-state index contributed by atoms with van der Waals surface area (Å²) < 4.78 is 1.72. The van der Waals surface area contributed by atoms with Crippen molar-refractivity contribution in [1.29, 1.82) is 0 Å². The molecule has 0 saturated carbocycles. The third-order valence-corrected chi connectivity index (χ3v) is 3.06. The summed E-state index contributed by atoms with van der Waals surface area (Å²) in [6, 6.07) is 6.89. The lowest BCUT2D eigenvalue weighted by Crippen LogP contribution is -2.02. The highest BCUT2D eigenvalue weighted by Crippen LogP contribution is 2.24. The molecule has 94 valence electrons. The average Bonchev–Trinajstić information content (AvgIpc) is 2.86. The van der Waals surface area contributed by atoms with Crippen molar-refractivity contribution in [1.82, 2.24) is 14.6 Å². The SMILES string of the molecule is Cc1ccncc1-c1cc(C(=O)O)cc2ccnn12. The number of hydrogen-bond acceptors (Lipinski definition) is 3. The van der Waals surface area contributed by atoms with Gasteiger partial charge in [0.25, 0.3) is 0 Å². The maximum Gasteiger partial charge on any atom is 0.335 e. The second kappa shape index (κ2) is 4.20. The summed E-state index contributed by atoms with van der Waals surface area (Å²) in [6.07, 6.45) is 5.08. The number of carbonyl (C=O) groups is 1. The Morgan fingerprint density at radius 3 is 2.84 bits per heavy atom. The number of aromatic carboxylic acids is 1. The first-order chi connectivity index (χ1) is 9.16. The molecule has 5 nitrogen and oxygen atoms in total. The van der Waals surface area contributed by atoms with Gasteiger partial charge >= 0.3 is 5.97 Å². The van der Waals surface area contributed by atoms with Crippen molar-refractivity contribution in [2.75, 3.05) is 0 Å². The third-order valence-electron chi connectivity index (χ3n) is 3.06. The first kappa shape index (κ1) is 11.4. The Labute approximate surface area is 109 Å². The van der Waals surface area contributed by atoms with E-state index in [0.29, 0.717) is 0 Å². The van der Waals surface area contributed by atoms with E-state index in [4.69, 9.17) is 0 Å². The number of hydrogen-bond donors (Lipinski definition) is 1. The predicted octanol–water partition coefficient (Wildman–Crippen LogP) is 2.40. The zero-order valence-electron chi connectivity index (χ0n) is 10.2. The van der Waals surface area contributed by atoms with Gasteiger partial charge in [0.1, 0.15) is 0 Å². The largest absolute Gasteiger partial charge is 0.478 e. The lowest BCUT2D eigenvalue weighted by atomic mass is 10.1. The minimum Gasteiger partial charge on any atom is -0.478 e. The number of nitrogens with zero attached hydrogens (tertiary/aromatic N) is 3. The van der Waals surface area contributed by atoms with E-state index < -0.39 is 5.97 Å². The number of fused-ring (bicyclic) bond motifs is 1. The molecule has 19 heavy (non-hydrogen) atoms. The quantitative estimate of drug-likeness (QED) is 0.761. The molecule has 1 N–H and O–H groups in total. The van der Waals surface area contributed by atoms with Crippen molar-refractivity contribution in [3.63, 3.8) is 0 Å². The van der Waals surface area contributed by atoms with Crippen LogP contribution < -0.4 is 0 Å². The number of aromatic nitrogens is 3. The van der Waals surface area contributed by atoms with Crippen LogP contribution in [0, 0.1) is 6.92 Å². The Bertz CT molecular complexity index is 777. The van der Waals surface area contributed by atoms with E-state index >= 15 is 0 Å². The van der Waals surface area contributed by atoms with Crippen molar-refractivity contribution in [2.24, 2.45) is 0 Å². The topological polar surface area (TPSA) is 67.5 Å².